The molecule has 2 rings (SSSR count). The molecule has 1 heterocycles. The maximum Gasteiger partial charge on any atom is 0.315 e. The smallest absolute Gasteiger partial charge is 0.315 e. The second kappa shape index (κ2) is 6.26. The molecule has 1 unspecified atom stereocenters. The predicted molar refractivity (Wildman–Crippen MR) is 69.0 cm³/mol. The Kier molecular flexibility index (Phi) is 4.41. The Bertz CT molecular complexity index is 473. The van der Waals surface area contributed by atoms with Crippen LogP contribution in [0, 0.1) is 0 Å². The van der Waals surface area contributed by atoms with Gasteiger partial charge in [-0.3, -0.25) is 0 Å². The molecule has 5 nitrogen and oxygen atoms in total. The van der Waals surface area contributed by atoms with Gasteiger partial charge in [-0.05, 0) is 19.1 Å². The van der Waals surface area contributed by atoms with E-state index in [-0.39, 0.29) is 5.38 Å². The topological polar surface area (TPSA) is 60.2 Å². The first-order chi connectivity index (χ1) is 8.75. The highest BCUT2D eigenvalue weighted by Crippen LogP contribution is 2.18. The summed E-state index contributed by atoms with van der Waals surface area (Å²) in [5.74, 6) is 1.24. The van der Waals surface area contributed by atoms with Gasteiger partial charge in [0.05, 0.1) is 6.54 Å². The molecule has 0 aliphatic rings. The van der Waals surface area contributed by atoms with Crippen LogP contribution in [0.3, 0.4) is 0 Å². The zero-order valence-corrected chi connectivity index (χ0v) is 10.7. The van der Waals surface area contributed by atoms with E-state index in [0.29, 0.717) is 25.1 Å². The fourth-order valence-corrected chi connectivity index (χ4v) is 1.40. The minimum atomic E-state index is -0.284. The number of para-hydroxylation sites is 1. The van der Waals surface area contributed by atoms with Crippen molar-refractivity contribution in [3.63, 3.8) is 0 Å². The quantitative estimate of drug-likeness (QED) is 0.644. The third-order valence-corrected chi connectivity index (χ3v) is 2.36. The van der Waals surface area contributed by atoms with E-state index in [9.17, 15) is 0 Å². The Morgan fingerprint density at radius 1 is 1.33 bits per heavy atom. The molecule has 1 atom stereocenters. The molecule has 2 aromatic rings. The third-order valence-electron chi connectivity index (χ3n) is 2.17. The largest absolute Gasteiger partial charge is 0.492 e. The van der Waals surface area contributed by atoms with Crippen LogP contribution in [-0.4, -0.2) is 23.3 Å². The van der Waals surface area contributed by atoms with Gasteiger partial charge in [-0.2, -0.15) is 0 Å². The molecule has 1 N–H and O–H groups in total. The summed E-state index contributed by atoms with van der Waals surface area (Å²) in [4.78, 5) is 0. The Hall–Kier alpha value is -1.75. The highest BCUT2D eigenvalue weighted by atomic mass is 35.5. The van der Waals surface area contributed by atoms with Crippen molar-refractivity contribution in [2.75, 3.05) is 18.5 Å². The fourth-order valence-electron chi connectivity index (χ4n) is 1.31. The fraction of sp³-hybridized carbons (Fsp3) is 0.333. The van der Waals surface area contributed by atoms with E-state index in [1.807, 2.05) is 30.3 Å². The van der Waals surface area contributed by atoms with Gasteiger partial charge in [0.1, 0.15) is 17.7 Å². The lowest BCUT2D eigenvalue weighted by molar-refractivity contribution is 0.331. The number of rotatable bonds is 6. The van der Waals surface area contributed by atoms with Crippen molar-refractivity contribution in [1.29, 1.82) is 0 Å². The molecular formula is C12H14ClN3O2. The summed E-state index contributed by atoms with van der Waals surface area (Å²) in [5.41, 5.74) is 0. The number of anilines is 1. The molecule has 0 radical (unpaired) electrons. The molecule has 0 saturated heterocycles. The first kappa shape index (κ1) is 12.7. The summed E-state index contributed by atoms with van der Waals surface area (Å²) in [6.45, 7) is 2.86. The minimum absolute atomic E-state index is 0.284. The molecule has 0 spiro atoms. The van der Waals surface area contributed by atoms with E-state index in [0.717, 1.165) is 5.75 Å². The first-order valence-corrected chi connectivity index (χ1v) is 6.08. The average molecular weight is 268 g/mol. The Labute approximate surface area is 110 Å². The Morgan fingerprint density at radius 2 is 2.11 bits per heavy atom. The van der Waals surface area contributed by atoms with Crippen LogP contribution in [-0.2, 0) is 0 Å². The summed E-state index contributed by atoms with van der Waals surface area (Å²) in [5, 5.41) is 10.3. The van der Waals surface area contributed by atoms with Gasteiger partial charge in [-0.15, -0.1) is 16.7 Å². The highest BCUT2D eigenvalue weighted by molar-refractivity contribution is 6.20. The van der Waals surface area contributed by atoms with Crippen LogP contribution in [0.5, 0.6) is 5.75 Å². The second-order valence-corrected chi connectivity index (χ2v) is 4.30. The molecule has 0 aliphatic carbocycles. The van der Waals surface area contributed by atoms with Gasteiger partial charge in [-0.25, -0.2) is 0 Å². The number of ether oxygens (including phenoxy) is 1. The Morgan fingerprint density at radius 3 is 2.78 bits per heavy atom. The molecule has 18 heavy (non-hydrogen) atoms. The van der Waals surface area contributed by atoms with E-state index in [2.05, 4.69) is 15.5 Å². The minimum Gasteiger partial charge on any atom is -0.492 e. The van der Waals surface area contributed by atoms with Gasteiger partial charge < -0.3 is 14.5 Å². The van der Waals surface area contributed by atoms with Crippen molar-refractivity contribution in [2.24, 2.45) is 0 Å². The molecule has 0 saturated carbocycles. The maximum absolute atomic E-state index is 5.81. The van der Waals surface area contributed by atoms with Crippen LogP contribution in [0.25, 0.3) is 0 Å². The van der Waals surface area contributed by atoms with Crippen molar-refractivity contribution in [1.82, 2.24) is 10.2 Å². The number of nitrogens with one attached hydrogen (secondary N) is 1. The Balaban J connectivity index is 1.72. The summed E-state index contributed by atoms with van der Waals surface area (Å²) in [6, 6.07) is 9.96. The van der Waals surface area contributed by atoms with Gasteiger partial charge in [0, 0.05) is 0 Å². The van der Waals surface area contributed by atoms with Crippen LogP contribution in [0.4, 0.5) is 6.01 Å². The van der Waals surface area contributed by atoms with Gasteiger partial charge >= 0.3 is 6.01 Å². The maximum atomic E-state index is 5.81. The van der Waals surface area contributed by atoms with Crippen LogP contribution in [0.2, 0.25) is 0 Å². The molecule has 1 aromatic heterocycles. The van der Waals surface area contributed by atoms with Crippen molar-refractivity contribution in [3.05, 3.63) is 36.2 Å². The predicted octanol–water partition coefficient (Wildman–Crippen LogP) is 2.86. The lowest BCUT2D eigenvalue weighted by Gasteiger charge is -2.05. The molecule has 6 heteroatoms. The van der Waals surface area contributed by atoms with E-state index in [1.165, 1.54) is 0 Å². The first-order valence-electron chi connectivity index (χ1n) is 5.65. The summed E-state index contributed by atoms with van der Waals surface area (Å²) in [7, 11) is 0. The third kappa shape index (κ3) is 3.63. The van der Waals surface area contributed by atoms with E-state index < -0.39 is 0 Å². The molecule has 1 aromatic carbocycles. The van der Waals surface area contributed by atoms with Crippen LogP contribution < -0.4 is 10.1 Å². The number of benzene rings is 1. The molecular weight excluding hydrogens is 254 g/mol. The lowest BCUT2D eigenvalue weighted by atomic mass is 10.3. The zero-order valence-electron chi connectivity index (χ0n) is 9.97. The number of alkyl halides is 1. The van der Waals surface area contributed by atoms with Gasteiger partial charge in [-0.1, -0.05) is 23.3 Å². The normalized spacial score (nSPS) is 12.1. The van der Waals surface area contributed by atoms with Gasteiger partial charge in [0.25, 0.3) is 0 Å². The zero-order chi connectivity index (χ0) is 12.8. The number of aromatic nitrogens is 2. The molecule has 96 valence electrons. The van der Waals surface area contributed by atoms with Gasteiger partial charge in [0.15, 0.2) is 0 Å². The van der Waals surface area contributed by atoms with Crippen molar-refractivity contribution in [2.45, 2.75) is 12.3 Å². The summed E-state index contributed by atoms with van der Waals surface area (Å²) >= 11 is 5.81. The number of halogens is 1. The van der Waals surface area contributed by atoms with Crippen molar-refractivity contribution < 1.29 is 9.15 Å². The van der Waals surface area contributed by atoms with Gasteiger partial charge in [0.2, 0.25) is 5.89 Å². The van der Waals surface area contributed by atoms with Crippen LogP contribution in [0.15, 0.2) is 34.7 Å². The monoisotopic (exact) mass is 267 g/mol. The SMILES string of the molecule is CC(Cl)c1nnc(NCCOc2ccccc2)o1. The second-order valence-electron chi connectivity index (χ2n) is 3.65. The molecule has 0 aliphatic heterocycles. The standard InChI is InChI=1S/C12H14ClN3O2/c1-9(13)11-15-16-12(18-11)14-7-8-17-10-5-3-2-4-6-10/h2-6,9H,7-8H2,1H3,(H,14,16). The number of nitrogens with zero attached hydrogens (tertiary/aromatic N) is 2. The number of hydrogen-bond donors (Lipinski definition) is 1. The van der Waals surface area contributed by atoms with E-state index in [4.69, 9.17) is 20.8 Å². The molecule has 0 fully saturated rings. The molecule has 0 amide bonds. The van der Waals surface area contributed by atoms with Crippen molar-refractivity contribution >= 4 is 17.6 Å². The highest BCUT2D eigenvalue weighted by Gasteiger charge is 2.10. The summed E-state index contributed by atoms with van der Waals surface area (Å²) in [6.07, 6.45) is 0. The average Bonchev–Trinajstić information content (AvgIpc) is 2.85. The summed E-state index contributed by atoms with van der Waals surface area (Å²) < 4.78 is 10.8. The van der Waals surface area contributed by atoms with Crippen LogP contribution >= 0.6 is 11.6 Å². The number of hydrogen-bond acceptors (Lipinski definition) is 5. The molecule has 0 bridgehead atoms. The van der Waals surface area contributed by atoms with E-state index in [1.54, 1.807) is 6.92 Å². The lowest BCUT2D eigenvalue weighted by Crippen LogP contribution is -2.11. The van der Waals surface area contributed by atoms with Crippen LogP contribution in [0.1, 0.15) is 18.2 Å². The van der Waals surface area contributed by atoms with Crippen molar-refractivity contribution in [3.8, 4) is 5.75 Å². The van der Waals surface area contributed by atoms with E-state index >= 15 is 0 Å².